The number of sulfonamides is 2. The molecular weight excluding hydrogens is 314 g/mol. The minimum absolute atomic E-state index is 0.0441. The van der Waals surface area contributed by atoms with Crippen molar-refractivity contribution in [2.24, 2.45) is 5.73 Å². The minimum atomic E-state index is -3.74. The monoisotopic (exact) mass is 331 g/mol. The first-order chi connectivity index (χ1) is 9.80. The summed E-state index contributed by atoms with van der Waals surface area (Å²) in [6.45, 7) is 0.0157. The highest BCUT2D eigenvalue weighted by Crippen LogP contribution is 2.09. The normalized spacial score (nSPS) is 11.7. The Bertz CT molecular complexity index is 729. The summed E-state index contributed by atoms with van der Waals surface area (Å²) in [7, 11) is -5.92. The molecule has 0 aliphatic carbocycles. The topological polar surface area (TPSA) is 118 Å². The zero-order valence-corrected chi connectivity index (χ0v) is 13.1. The number of nitrogens with two attached hydrogens (primary N) is 1. The van der Waals surface area contributed by atoms with E-state index in [-0.39, 0.29) is 23.7 Å². The molecule has 0 bridgehead atoms. The summed E-state index contributed by atoms with van der Waals surface area (Å²) in [4.78, 5) is 0.0441. The van der Waals surface area contributed by atoms with Crippen LogP contribution in [-0.4, -0.2) is 42.7 Å². The molecule has 7 nitrogen and oxygen atoms in total. The molecule has 0 spiro atoms. The number of hydrogen-bond acceptors (Lipinski definition) is 5. The molecule has 1 rings (SSSR count). The molecule has 9 heteroatoms. The molecule has 0 saturated carbocycles. The van der Waals surface area contributed by atoms with E-state index in [4.69, 9.17) is 5.73 Å². The Hall–Kier alpha value is -1.44. The first kappa shape index (κ1) is 17.6. The SMILES string of the molecule is CNS(=O)(=O)CCNS(=O)(=O)c1ccc(C#CCN)cc1. The van der Waals surface area contributed by atoms with E-state index in [9.17, 15) is 16.8 Å². The maximum atomic E-state index is 11.9. The van der Waals surface area contributed by atoms with Gasteiger partial charge < -0.3 is 5.73 Å². The van der Waals surface area contributed by atoms with Crippen molar-refractivity contribution in [3.8, 4) is 11.8 Å². The van der Waals surface area contributed by atoms with Crippen LogP contribution < -0.4 is 15.2 Å². The second-order valence-electron chi connectivity index (χ2n) is 3.95. The molecule has 0 radical (unpaired) electrons. The maximum Gasteiger partial charge on any atom is 0.240 e. The van der Waals surface area contributed by atoms with Crippen LogP contribution in [0.4, 0.5) is 0 Å². The lowest BCUT2D eigenvalue weighted by Crippen LogP contribution is -2.32. The zero-order valence-electron chi connectivity index (χ0n) is 11.5. The summed E-state index contributed by atoms with van der Waals surface area (Å²) >= 11 is 0. The van der Waals surface area contributed by atoms with Crippen molar-refractivity contribution in [3.63, 3.8) is 0 Å². The standard InChI is InChI=1S/C12H17N3O4S2/c1-14-20(16,17)10-9-15-21(18,19)12-6-4-11(5-7-12)3-2-8-13/h4-7,14-15H,8-10,13H2,1H3. The number of hydrogen-bond donors (Lipinski definition) is 3. The minimum Gasteiger partial charge on any atom is -0.320 e. The van der Waals surface area contributed by atoms with Gasteiger partial charge in [-0.25, -0.2) is 26.3 Å². The summed E-state index contributed by atoms with van der Waals surface area (Å²) < 4.78 is 50.6. The van der Waals surface area contributed by atoms with Crippen molar-refractivity contribution in [1.29, 1.82) is 0 Å². The first-order valence-electron chi connectivity index (χ1n) is 6.00. The van der Waals surface area contributed by atoms with Gasteiger partial charge in [0.2, 0.25) is 20.0 Å². The summed E-state index contributed by atoms with van der Waals surface area (Å²) in [6, 6.07) is 5.91. The van der Waals surface area contributed by atoms with E-state index in [1.807, 2.05) is 0 Å². The van der Waals surface area contributed by atoms with Gasteiger partial charge in [-0.1, -0.05) is 11.8 Å². The van der Waals surface area contributed by atoms with E-state index in [0.29, 0.717) is 5.56 Å². The highest BCUT2D eigenvalue weighted by Gasteiger charge is 2.15. The molecule has 0 unspecified atom stereocenters. The van der Waals surface area contributed by atoms with Crippen LogP contribution in [0.2, 0.25) is 0 Å². The Labute approximate surface area is 125 Å². The second kappa shape index (κ2) is 7.53. The van der Waals surface area contributed by atoms with Crippen LogP contribution in [-0.2, 0) is 20.0 Å². The van der Waals surface area contributed by atoms with Gasteiger partial charge in [0, 0.05) is 12.1 Å². The molecule has 0 aromatic heterocycles. The quantitative estimate of drug-likeness (QED) is 0.567. The van der Waals surface area contributed by atoms with Gasteiger partial charge in [0.05, 0.1) is 17.2 Å². The predicted molar refractivity (Wildman–Crippen MR) is 80.4 cm³/mol. The van der Waals surface area contributed by atoms with Gasteiger partial charge in [-0.15, -0.1) is 0 Å². The van der Waals surface area contributed by atoms with Gasteiger partial charge in [-0.05, 0) is 31.3 Å². The lowest BCUT2D eigenvalue weighted by atomic mass is 10.2. The lowest BCUT2D eigenvalue weighted by molar-refractivity contribution is 0.578. The molecular formula is C12H17N3O4S2. The van der Waals surface area contributed by atoms with Crippen LogP contribution in [0.5, 0.6) is 0 Å². The highest BCUT2D eigenvalue weighted by atomic mass is 32.2. The fraction of sp³-hybridized carbons (Fsp3) is 0.333. The maximum absolute atomic E-state index is 11.9. The Morgan fingerprint density at radius 2 is 1.76 bits per heavy atom. The van der Waals surface area contributed by atoms with Gasteiger partial charge in [-0.2, -0.15) is 0 Å². The van der Waals surface area contributed by atoms with Gasteiger partial charge in [-0.3, -0.25) is 0 Å². The molecule has 0 atom stereocenters. The molecule has 0 aliphatic heterocycles. The van der Waals surface area contributed by atoms with Crippen molar-refractivity contribution >= 4 is 20.0 Å². The van der Waals surface area contributed by atoms with E-state index in [0.717, 1.165) is 0 Å². The molecule has 4 N–H and O–H groups in total. The Kier molecular flexibility index (Phi) is 6.32. The number of rotatable bonds is 6. The molecule has 1 aromatic carbocycles. The van der Waals surface area contributed by atoms with Crippen molar-refractivity contribution in [2.45, 2.75) is 4.90 Å². The molecule has 116 valence electrons. The molecule has 0 amide bonds. The molecule has 0 saturated heterocycles. The van der Waals surface area contributed by atoms with Crippen LogP contribution in [0, 0.1) is 11.8 Å². The van der Waals surface area contributed by atoms with Gasteiger partial charge in [0.1, 0.15) is 0 Å². The Balaban J connectivity index is 2.75. The van der Waals surface area contributed by atoms with E-state index in [1.165, 1.54) is 19.2 Å². The van der Waals surface area contributed by atoms with Crippen LogP contribution in [0.25, 0.3) is 0 Å². The molecule has 0 fully saturated rings. The number of benzene rings is 1. The number of nitrogens with one attached hydrogen (secondary N) is 2. The highest BCUT2D eigenvalue weighted by molar-refractivity contribution is 7.90. The third kappa shape index (κ3) is 5.82. The van der Waals surface area contributed by atoms with Crippen LogP contribution in [0.1, 0.15) is 5.56 Å². The summed E-state index contributed by atoms with van der Waals surface area (Å²) in [5.41, 5.74) is 5.89. The fourth-order valence-corrected chi connectivity index (χ4v) is 3.10. The van der Waals surface area contributed by atoms with Gasteiger partial charge >= 0.3 is 0 Å². The Morgan fingerprint density at radius 1 is 1.14 bits per heavy atom. The molecule has 21 heavy (non-hydrogen) atoms. The zero-order chi connectivity index (χ0) is 15.9. The van der Waals surface area contributed by atoms with Gasteiger partial charge in [0.25, 0.3) is 0 Å². The second-order valence-corrected chi connectivity index (χ2v) is 7.76. The van der Waals surface area contributed by atoms with Crippen molar-refractivity contribution in [3.05, 3.63) is 29.8 Å². The fourth-order valence-electron chi connectivity index (χ4n) is 1.37. The molecule has 1 aromatic rings. The van der Waals surface area contributed by atoms with E-state index in [2.05, 4.69) is 21.3 Å². The van der Waals surface area contributed by atoms with E-state index < -0.39 is 20.0 Å². The van der Waals surface area contributed by atoms with Crippen molar-refractivity contribution in [1.82, 2.24) is 9.44 Å². The molecule has 0 aliphatic rings. The molecule has 0 heterocycles. The van der Waals surface area contributed by atoms with Crippen molar-refractivity contribution < 1.29 is 16.8 Å². The summed E-state index contributed by atoms with van der Waals surface area (Å²) in [5.74, 6) is 5.10. The first-order valence-corrected chi connectivity index (χ1v) is 9.14. The van der Waals surface area contributed by atoms with E-state index >= 15 is 0 Å². The lowest BCUT2D eigenvalue weighted by Gasteiger charge is -2.07. The summed E-state index contributed by atoms with van der Waals surface area (Å²) in [6.07, 6.45) is 0. The van der Waals surface area contributed by atoms with E-state index in [1.54, 1.807) is 12.1 Å². The third-order valence-electron chi connectivity index (χ3n) is 2.47. The smallest absolute Gasteiger partial charge is 0.240 e. The van der Waals surface area contributed by atoms with Gasteiger partial charge in [0.15, 0.2) is 0 Å². The predicted octanol–water partition coefficient (Wildman–Crippen LogP) is -1.18. The van der Waals surface area contributed by atoms with Crippen molar-refractivity contribution in [2.75, 3.05) is 25.9 Å². The third-order valence-corrected chi connectivity index (χ3v) is 5.31. The average molecular weight is 331 g/mol. The Morgan fingerprint density at radius 3 is 2.29 bits per heavy atom. The summed E-state index contributed by atoms with van der Waals surface area (Å²) in [5, 5.41) is 0. The largest absolute Gasteiger partial charge is 0.320 e. The van der Waals surface area contributed by atoms with Crippen LogP contribution >= 0.6 is 0 Å². The van der Waals surface area contributed by atoms with Crippen LogP contribution in [0.15, 0.2) is 29.2 Å². The van der Waals surface area contributed by atoms with Crippen LogP contribution in [0.3, 0.4) is 0 Å². The average Bonchev–Trinajstić information content (AvgIpc) is 2.45.